The molecule has 0 aliphatic heterocycles. The Bertz CT molecular complexity index is 1020. The highest BCUT2D eigenvalue weighted by Gasteiger charge is 2.07. The maximum Gasteiger partial charge on any atom is 0.233 e. The fraction of sp³-hybridized carbons (Fsp3) is 0.261. The predicted octanol–water partition coefficient (Wildman–Crippen LogP) is 5.44. The quantitative estimate of drug-likeness (QED) is 0.385. The molecule has 0 spiro atoms. The Morgan fingerprint density at radius 3 is 2.69 bits per heavy atom. The monoisotopic (exact) mass is 409 g/mol. The molecule has 0 saturated carbocycles. The average Bonchev–Trinajstić information content (AvgIpc) is 3.15. The fourth-order valence-electron chi connectivity index (χ4n) is 2.88. The molecule has 3 rings (SSSR count). The Morgan fingerprint density at radius 2 is 2.00 bits per heavy atom. The van der Waals surface area contributed by atoms with Crippen LogP contribution in [0.4, 0.5) is 0 Å². The van der Waals surface area contributed by atoms with E-state index in [1.165, 1.54) is 0 Å². The smallest absolute Gasteiger partial charge is 0.233 e. The average molecular weight is 410 g/mol. The lowest BCUT2D eigenvalue weighted by molar-refractivity contribution is -0.106. The van der Waals surface area contributed by atoms with Crippen LogP contribution in [0.15, 0.2) is 58.6 Å². The molecule has 152 valence electrons. The molecule has 0 fully saturated rings. The molecule has 0 radical (unpaired) electrons. The Labute approximate surface area is 176 Å². The Kier molecular flexibility index (Phi) is 8.68. The second kappa shape index (κ2) is 11.2. The van der Waals surface area contributed by atoms with Gasteiger partial charge in [-0.2, -0.15) is 5.10 Å². The first-order valence-electron chi connectivity index (χ1n) is 9.48. The molecule has 0 aliphatic carbocycles. The van der Waals surface area contributed by atoms with Crippen LogP contribution < -0.4 is 4.74 Å². The molecule has 0 atom stereocenters. The molecule has 0 N–H and O–H groups in total. The summed E-state index contributed by atoms with van der Waals surface area (Å²) in [6, 6.07) is 14.1. The molecule has 1 amide bonds. The van der Waals surface area contributed by atoms with Crippen molar-refractivity contribution in [1.82, 2.24) is 9.78 Å². The van der Waals surface area contributed by atoms with E-state index >= 15 is 0 Å². The second-order valence-electron chi connectivity index (χ2n) is 5.99. The van der Waals surface area contributed by atoms with E-state index in [1.54, 1.807) is 18.9 Å². The molecule has 1 heterocycles. The zero-order valence-electron chi connectivity index (χ0n) is 17.5. The molecule has 6 heteroatoms. The van der Waals surface area contributed by atoms with Crippen molar-refractivity contribution >= 4 is 40.9 Å². The van der Waals surface area contributed by atoms with Gasteiger partial charge in [0.2, 0.25) is 6.41 Å². The summed E-state index contributed by atoms with van der Waals surface area (Å²) in [4.78, 5) is 15.4. The number of carbonyl (C=O) groups is 1. The normalized spacial score (nSPS) is 11.8. The van der Waals surface area contributed by atoms with Crippen molar-refractivity contribution in [3.05, 3.63) is 64.7 Å². The zero-order chi connectivity index (χ0) is 21.2. The van der Waals surface area contributed by atoms with E-state index in [0.29, 0.717) is 18.7 Å². The van der Waals surface area contributed by atoms with Crippen molar-refractivity contribution in [1.29, 1.82) is 0 Å². The SMILES string of the molecule is CC.COc1ccccc1Cn1cc2cc(/C=C(\SC)C(C)=NC=O)ccc2n1. The van der Waals surface area contributed by atoms with Gasteiger partial charge in [-0.3, -0.25) is 9.48 Å². The van der Waals surface area contributed by atoms with Crippen LogP contribution in [0, 0.1) is 0 Å². The Hall–Kier alpha value is -2.86. The van der Waals surface area contributed by atoms with Crippen LogP contribution >= 0.6 is 11.8 Å². The van der Waals surface area contributed by atoms with Crippen LogP contribution in [-0.4, -0.2) is 35.3 Å². The molecular weight excluding hydrogens is 382 g/mol. The summed E-state index contributed by atoms with van der Waals surface area (Å²) in [5, 5.41) is 5.71. The molecule has 0 saturated heterocycles. The first-order chi connectivity index (χ1) is 14.1. The summed E-state index contributed by atoms with van der Waals surface area (Å²) in [5.74, 6) is 0.857. The number of ether oxygens (including phenoxy) is 1. The summed E-state index contributed by atoms with van der Waals surface area (Å²) in [6.45, 7) is 6.48. The number of allylic oxidation sites excluding steroid dienone is 1. The molecule has 3 aromatic rings. The molecule has 0 unspecified atom stereocenters. The number of hydrogen-bond acceptors (Lipinski definition) is 4. The van der Waals surface area contributed by atoms with Gasteiger partial charge < -0.3 is 4.74 Å². The summed E-state index contributed by atoms with van der Waals surface area (Å²) < 4.78 is 7.34. The predicted molar refractivity (Wildman–Crippen MR) is 124 cm³/mol. The van der Waals surface area contributed by atoms with E-state index < -0.39 is 0 Å². The molecule has 29 heavy (non-hydrogen) atoms. The van der Waals surface area contributed by atoms with Crippen LogP contribution in [0.1, 0.15) is 31.9 Å². The maximum absolute atomic E-state index is 10.6. The number of fused-ring (bicyclic) bond motifs is 1. The maximum atomic E-state index is 10.6. The minimum atomic E-state index is 0.574. The van der Waals surface area contributed by atoms with E-state index in [1.807, 2.05) is 80.4 Å². The highest BCUT2D eigenvalue weighted by atomic mass is 32.2. The highest BCUT2D eigenvalue weighted by molar-refractivity contribution is 8.03. The van der Waals surface area contributed by atoms with Crippen molar-refractivity contribution in [3.63, 3.8) is 0 Å². The molecule has 2 aromatic carbocycles. The van der Waals surface area contributed by atoms with Gasteiger partial charge in [-0.15, -0.1) is 11.8 Å². The van der Waals surface area contributed by atoms with Gasteiger partial charge in [-0.25, -0.2) is 4.99 Å². The van der Waals surface area contributed by atoms with E-state index in [2.05, 4.69) is 16.2 Å². The molecule has 0 bridgehead atoms. The fourth-order valence-corrected chi connectivity index (χ4v) is 3.48. The van der Waals surface area contributed by atoms with Crippen molar-refractivity contribution < 1.29 is 9.53 Å². The number of amides is 1. The van der Waals surface area contributed by atoms with E-state index in [-0.39, 0.29) is 0 Å². The summed E-state index contributed by atoms with van der Waals surface area (Å²) in [7, 11) is 1.68. The number of para-hydroxylation sites is 1. The van der Waals surface area contributed by atoms with Crippen molar-refractivity contribution in [3.8, 4) is 5.75 Å². The Morgan fingerprint density at radius 1 is 1.24 bits per heavy atom. The van der Waals surface area contributed by atoms with E-state index in [9.17, 15) is 4.79 Å². The van der Waals surface area contributed by atoms with Gasteiger partial charge in [0.25, 0.3) is 0 Å². The Balaban J connectivity index is 0.00000145. The topological polar surface area (TPSA) is 56.5 Å². The molecule has 5 nitrogen and oxygen atoms in total. The van der Waals surface area contributed by atoms with Crippen LogP contribution in [0.5, 0.6) is 5.75 Å². The molecular formula is C23H27N3O2S. The number of carbonyl (C=O) groups excluding carboxylic acids is 1. The number of hydrogen-bond donors (Lipinski definition) is 0. The third kappa shape index (κ3) is 5.81. The van der Waals surface area contributed by atoms with Crippen molar-refractivity contribution in [2.75, 3.05) is 13.4 Å². The number of aromatic nitrogens is 2. The van der Waals surface area contributed by atoms with Gasteiger partial charge in [-0.1, -0.05) is 38.1 Å². The van der Waals surface area contributed by atoms with E-state index in [4.69, 9.17) is 4.74 Å². The standard InChI is InChI=1S/C21H21N3O2S.C2H6/c1-15(22-14-25)21(27-3)11-16-8-9-19-18(10-16)13-24(23-19)12-17-6-4-5-7-20(17)26-2;1-2/h4-11,13-14H,12H2,1-3H3;1-2H3/b21-11-,22-15?;. The van der Waals surface area contributed by atoms with Crippen molar-refractivity contribution in [2.45, 2.75) is 27.3 Å². The second-order valence-corrected chi connectivity index (χ2v) is 6.84. The van der Waals surface area contributed by atoms with Crippen LogP contribution in [0.3, 0.4) is 0 Å². The van der Waals surface area contributed by atoms with Gasteiger partial charge in [0.15, 0.2) is 0 Å². The van der Waals surface area contributed by atoms with Crippen molar-refractivity contribution in [2.24, 2.45) is 4.99 Å². The van der Waals surface area contributed by atoms with Gasteiger partial charge in [0.05, 0.1) is 24.9 Å². The van der Waals surface area contributed by atoms with Gasteiger partial charge in [0, 0.05) is 22.1 Å². The number of rotatable bonds is 7. The minimum absolute atomic E-state index is 0.574. The van der Waals surface area contributed by atoms with Gasteiger partial charge in [-0.05, 0) is 43.0 Å². The number of aliphatic imine (C=N–C) groups is 1. The first kappa shape index (κ1) is 22.4. The highest BCUT2D eigenvalue weighted by Crippen LogP contribution is 2.23. The largest absolute Gasteiger partial charge is 0.496 e. The lowest BCUT2D eigenvalue weighted by atomic mass is 10.1. The molecule has 0 aliphatic rings. The zero-order valence-corrected chi connectivity index (χ0v) is 18.4. The number of benzene rings is 2. The van der Waals surface area contributed by atoms with Gasteiger partial charge in [0.1, 0.15) is 5.75 Å². The van der Waals surface area contributed by atoms with Gasteiger partial charge >= 0.3 is 0 Å². The van der Waals surface area contributed by atoms with E-state index in [0.717, 1.165) is 32.7 Å². The van der Waals surface area contributed by atoms with Crippen LogP contribution in [-0.2, 0) is 11.3 Å². The number of thioether (sulfide) groups is 1. The lowest BCUT2D eigenvalue weighted by Gasteiger charge is -2.07. The summed E-state index contributed by atoms with van der Waals surface area (Å²) in [6.07, 6.45) is 6.61. The minimum Gasteiger partial charge on any atom is -0.496 e. The molecule has 1 aromatic heterocycles. The number of methoxy groups -OCH3 is 1. The third-order valence-corrected chi connectivity index (χ3v) is 5.07. The lowest BCUT2D eigenvalue weighted by Crippen LogP contribution is -2.01. The van der Waals surface area contributed by atoms with Crippen LogP contribution in [0.2, 0.25) is 0 Å². The number of nitrogens with zero attached hydrogens (tertiary/aromatic N) is 3. The summed E-state index contributed by atoms with van der Waals surface area (Å²) >= 11 is 1.57. The first-order valence-corrected chi connectivity index (χ1v) is 10.7. The van der Waals surface area contributed by atoms with Crippen LogP contribution in [0.25, 0.3) is 17.0 Å². The summed E-state index contributed by atoms with van der Waals surface area (Å²) in [5.41, 5.74) is 3.78. The third-order valence-electron chi connectivity index (χ3n) is 4.22.